The van der Waals surface area contributed by atoms with Crippen LogP contribution in [-0.2, 0) is 5.41 Å². The van der Waals surface area contributed by atoms with E-state index >= 15 is 0 Å². The van der Waals surface area contributed by atoms with E-state index in [1.54, 1.807) is 0 Å². The first-order chi connectivity index (χ1) is 11.1. The molecule has 1 heteroatoms. The molecule has 24 heavy (non-hydrogen) atoms. The molecule has 2 aromatic rings. The highest BCUT2D eigenvalue weighted by Crippen LogP contribution is 2.44. The summed E-state index contributed by atoms with van der Waals surface area (Å²) in [6.45, 7) is 13.9. The van der Waals surface area contributed by atoms with Crippen LogP contribution in [0.15, 0.2) is 48.5 Å². The van der Waals surface area contributed by atoms with Gasteiger partial charge in [0, 0.05) is 11.1 Å². The molecule has 1 N–H and O–H groups in total. The SMILES string of the molecule is Cc1ccc(-c2ccc(C3(C)CC(C)(C)NC(C)(C)C3)cc2)cc1. The Morgan fingerprint density at radius 2 is 1.08 bits per heavy atom. The number of rotatable bonds is 2. The van der Waals surface area contributed by atoms with E-state index in [4.69, 9.17) is 0 Å². The summed E-state index contributed by atoms with van der Waals surface area (Å²) in [6, 6.07) is 18.0. The molecule has 1 aliphatic rings. The fourth-order valence-electron chi connectivity index (χ4n) is 5.03. The maximum atomic E-state index is 3.80. The quantitative estimate of drug-likeness (QED) is 0.730. The van der Waals surface area contributed by atoms with E-state index in [0.717, 1.165) is 12.8 Å². The molecule has 0 aromatic heterocycles. The van der Waals surface area contributed by atoms with Crippen LogP contribution in [0, 0.1) is 6.92 Å². The summed E-state index contributed by atoms with van der Waals surface area (Å²) in [6.07, 6.45) is 2.32. The Morgan fingerprint density at radius 1 is 0.667 bits per heavy atom. The van der Waals surface area contributed by atoms with E-state index in [-0.39, 0.29) is 16.5 Å². The second-order valence-corrected chi connectivity index (χ2v) is 9.25. The predicted molar refractivity (Wildman–Crippen MR) is 104 cm³/mol. The summed E-state index contributed by atoms with van der Waals surface area (Å²) in [4.78, 5) is 0. The van der Waals surface area contributed by atoms with E-state index in [9.17, 15) is 0 Å². The normalized spacial score (nSPS) is 21.4. The molecule has 1 saturated heterocycles. The zero-order valence-corrected chi connectivity index (χ0v) is 16.0. The van der Waals surface area contributed by atoms with Crippen LogP contribution >= 0.6 is 0 Å². The third kappa shape index (κ3) is 3.57. The molecular weight excluding hydrogens is 290 g/mol. The summed E-state index contributed by atoms with van der Waals surface area (Å²) >= 11 is 0. The van der Waals surface area contributed by atoms with Gasteiger partial charge in [-0.15, -0.1) is 0 Å². The Kier molecular flexibility index (Phi) is 4.12. The second kappa shape index (κ2) is 5.74. The first-order valence-corrected chi connectivity index (χ1v) is 9.06. The van der Waals surface area contributed by atoms with Crippen LogP contribution in [0.3, 0.4) is 0 Å². The van der Waals surface area contributed by atoms with Crippen LogP contribution in [-0.4, -0.2) is 11.1 Å². The van der Waals surface area contributed by atoms with Gasteiger partial charge >= 0.3 is 0 Å². The molecule has 0 bridgehead atoms. The summed E-state index contributed by atoms with van der Waals surface area (Å²) in [5.41, 5.74) is 5.89. The minimum Gasteiger partial charge on any atom is -0.307 e. The van der Waals surface area contributed by atoms with Crippen molar-refractivity contribution < 1.29 is 0 Å². The molecule has 0 saturated carbocycles. The molecule has 128 valence electrons. The maximum absolute atomic E-state index is 3.80. The van der Waals surface area contributed by atoms with Crippen molar-refractivity contribution in [3.8, 4) is 11.1 Å². The Balaban J connectivity index is 1.91. The first-order valence-electron chi connectivity index (χ1n) is 9.06. The van der Waals surface area contributed by atoms with Gasteiger partial charge in [-0.25, -0.2) is 0 Å². The van der Waals surface area contributed by atoms with Crippen molar-refractivity contribution in [2.45, 2.75) is 70.9 Å². The minimum absolute atomic E-state index is 0.159. The van der Waals surface area contributed by atoms with Crippen LogP contribution in [0.2, 0.25) is 0 Å². The zero-order valence-electron chi connectivity index (χ0n) is 16.0. The lowest BCUT2D eigenvalue weighted by Gasteiger charge is -2.52. The lowest BCUT2D eigenvalue weighted by Crippen LogP contribution is -2.61. The highest BCUT2D eigenvalue weighted by atomic mass is 15.1. The van der Waals surface area contributed by atoms with Crippen molar-refractivity contribution in [3.63, 3.8) is 0 Å². The molecule has 1 heterocycles. The van der Waals surface area contributed by atoms with Gasteiger partial charge in [0.25, 0.3) is 0 Å². The van der Waals surface area contributed by atoms with Crippen LogP contribution in [0.5, 0.6) is 0 Å². The lowest BCUT2D eigenvalue weighted by atomic mass is 9.63. The highest BCUT2D eigenvalue weighted by Gasteiger charge is 2.45. The number of nitrogens with one attached hydrogen (secondary N) is 1. The standard InChI is InChI=1S/C23H31N/c1-17-7-9-18(10-8-17)19-11-13-20(14-12-19)23(6)15-21(2,3)24-22(4,5)16-23/h7-14,24H,15-16H2,1-6H3. The Bertz CT molecular complexity index is 689. The van der Waals surface area contributed by atoms with Crippen LogP contribution in [0.1, 0.15) is 58.6 Å². The largest absolute Gasteiger partial charge is 0.307 e. The number of benzene rings is 2. The molecule has 1 fully saturated rings. The third-order valence-electron chi connectivity index (χ3n) is 5.31. The van der Waals surface area contributed by atoms with Gasteiger partial charge in [-0.3, -0.25) is 0 Å². The topological polar surface area (TPSA) is 12.0 Å². The Hall–Kier alpha value is -1.60. The molecular formula is C23H31N. The van der Waals surface area contributed by atoms with E-state index in [2.05, 4.69) is 95.4 Å². The van der Waals surface area contributed by atoms with Crippen LogP contribution in [0.25, 0.3) is 11.1 Å². The third-order valence-corrected chi connectivity index (χ3v) is 5.31. The van der Waals surface area contributed by atoms with Crippen molar-refractivity contribution in [2.75, 3.05) is 0 Å². The smallest absolute Gasteiger partial charge is 0.0138 e. The summed E-state index contributed by atoms with van der Waals surface area (Å²) in [7, 11) is 0. The molecule has 1 nitrogen and oxygen atoms in total. The minimum atomic E-state index is 0.159. The first kappa shape index (κ1) is 17.2. The van der Waals surface area contributed by atoms with Gasteiger partial charge in [0.2, 0.25) is 0 Å². The molecule has 0 aliphatic carbocycles. The summed E-state index contributed by atoms with van der Waals surface area (Å²) in [5.74, 6) is 0. The van der Waals surface area contributed by atoms with Gasteiger partial charge in [0.1, 0.15) is 0 Å². The van der Waals surface area contributed by atoms with E-state index in [1.807, 2.05) is 0 Å². The molecule has 3 rings (SSSR count). The van der Waals surface area contributed by atoms with Gasteiger partial charge in [-0.05, 0) is 69.6 Å². The van der Waals surface area contributed by atoms with E-state index < -0.39 is 0 Å². The van der Waals surface area contributed by atoms with Gasteiger partial charge < -0.3 is 5.32 Å². The van der Waals surface area contributed by atoms with E-state index in [0.29, 0.717) is 0 Å². The van der Waals surface area contributed by atoms with Crippen molar-refractivity contribution >= 4 is 0 Å². The molecule has 2 aromatic carbocycles. The van der Waals surface area contributed by atoms with E-state index in [1.165, 1.54) is 22.3 Å². The fraction of sp³-hybridized carbons (Fsp3) is 0.478. The van der Waals surface area contributed by atoms with Gasteiger partial charge in [0.05, 0.1) is 0 Å². The van der Waals surface area contributed by atoms with Gasteiger partial charge in [0.15, 0.2) is 0 Å². The average Bonchev–Trinajstić information content (AvgIpc) is 2.44. The number of aryl methyl sites for hydroxylation is 1. The summed E-state index contributed by atoms with van der Waals surface area (Å²) < 4.78 is 0. The highest BCUT2D eigenvalue weighted by molar-refractivity contribution is 5.64. The summed E-state index contributed by atoms with van der Waals surface area (Å²) in [5, 5.41) is 3.80. The zero-order chi connectivity index (χ0) is 17.6. The molecule has 0 spiro atoms. The average molecular weight is 322 g/mol. The molecule has 0 unspecified atom stereocenters. The fourth-order valence-corrected chi connectivity index (χ4v) is 5.03. The molecule has 0 radical (unpaired) electrons. The number of hydrogen-bond donors (Lipinski definition) is 1. The number of piperidine rings is 1. The maximum Gasteiger partial charge on any atom is 0.0138 e. The number of hydrogen-bond acceptors (Lipinski definition) is 1. The van der Waals surface area contributed by atoms with Crippen LogP contribution < -0.4 is 5.32 Å². The molecule has 0 atom stereocenters. The predicted octanol–water partition coefficient (Wildman–Crippen LogP) is 5.86. The van der Waals surface area contributed by atoms with Crippen molar-refractivity contribution in [2.24, 2.45) is 0 Å². The lowest BCUT2D eigenvalue weighted by molar-refractivity contribution is 0.111. The van der Waals surface area contributed by atoms with Crippen molar-refractivity contribution in [1.29, 1.82) is 0 Å². The Labute approximate surface area is 147 Å². The van der Waals surface area contributed by atoms with Crippen molar-refractivity contribution in [1.82, 2.24) is 5.32 Å². The molecule has 1 aliphatic heterocycles. The monoisotopic (exact) mass is 321 g/mol. The Morgan fingerprint density at radius 3 is 1.54 bits per heavy atom. The second-order valence-electron chi connectivity index (χ2n) is 9.25. The van der Waals surface area contributed by atoms with Gasteiger partial charge in [-0.2, -0.15) is 0 Å². The van der Waals surface area contributed by atoms with Crippen molar-refractivity contribution in [3.05, 3.63) is 59.7 Å². The van der Waals surface area contributed by atoms with Gasteiger partial charge in [-0.1, -0.05) is 61.0 Å². The van der Waals surface area contributed by atoms with Crippen LogP contribution in [0.4, 0.5) is 0 Å². The molecule has 0 amide bonds.